The van der Waals surface area contributed by atoms with Crippen LogP contribution in [0.5, 0.6) is 0 Å². The third kappa shape index (κ3) is 4.36. The molecule has 1 amide bonds. The molecule has 0 spiro atoms. The molecule has 1 aromatic heterocycles. The summed E-state index contributed by atoms with van der Waals surface area (Å²) in [5, 5.41) is 4.10. The summed E-state index contributed by atoms with van der Waals surface area (Å²) in [6.45, 7) is 4.03. The first kappa shape index (κ1) is 20.4. The number of benzene rings is 1. The first-order valence-electron chi connectivity index (χ1n) is 10.8. The van der Waals surface area contributed by atoms with Crippen molar-refractivity contribution in [2.75, 3.05) is 13.1 Å². The second kappa shape index (κ2) is 8.48. The highest BCUT2D eigenvalue weighted by Crippen LogP contribution is 2.26. The van der Waals surface area contributed by atoms with Gasteiger partial charge in [-0.3, -0.25) is 4.79 Å². The van der Waals surface area contributed by atoms with Gasteiger partial charge in [-0.05, 0) is 55.9 Å². The van der Waals surface area contributed by atoms with Gasteiger partial charge in [0.15, 0.2) is 0 Å². The van der Waals surface area contributed by atoms with Crippen LogP contribution in [0.3, 0.4) is 0 Å². The lowest BCUT2D eigenvalue weighted by Crippen LogP contribution is -2.41. The van der Waals surface area contributed by atoms with Crippen molar-refractivity contribution in [3.8, 4) is 0 Å². The van der Waals surface area contributed by atoms with Crippen molar-refractivity contribution in [2.45, 2.75) is 69.4 Å². The van der Waals surface area contributed by atoms with E-state index in [-0.39, 0.29) is 5.91 Å². The Kier molecular flexibility index (Phi) is 5.97. The molecule has 7 heteroatoms. The van der Waals surface area contributed by atoms with Crippen molar-refractivity contribution >= 4 is 26.8 Å². The van der Waals surface area contributed by atoms with Crippen molar-refractivity contribution in [2.24, 2.45) is 5.92 Å². The van der Waals surface area contributed by atoms with Gasteiger partial charge in [0.25, 0.3) is 0 Å². The number of aromatic nitrogens is 1. The van der Waals surface area contributed by atoms with E-state index in [9.17, 15) is 13.2 Å². The lowest BCUT2D eigenvalue weighted by atomic mass is 9.86. The topological polar surface area (TPSA) is 71.4 Å². The van der Waals surface area contributed by atoms with E-state index in [4.69, 9.17) is 0 Å². The van der Waals surface area contributed by atoms with E-state index in [1.165, 1.54) is 19.3 Å². The fraction of sp³-hybridized carbons (Fsp3) is 0.591. The van der Waals surface area contributed by atoms with E-state index in [2.05, 4.69) is 12.2 Å². The summed E-state index contributed by atoms with van der Waals surface area (Å²) < 4.78 is 29.2. The predicted octanol–water partition coefficient (Wildman–Crippen LogP) is 3.51. The van der Waals surface area contributed by atoms with Crippen LogP contribution in [0, 0.1) is 5.92 Å². The van der Waals surface area contributed by atoms with Crippen LogP contribution in [0.2, 0.25) is 0 Å². The number of amides is 1. The zero-order chi connectivity index (χ0) is 20.4. The van der Waals surface area contributed by atoms with Gasteiger partial charge in [-0.2, -0.15) is 4.31 Å². The lowest BCUT2D eigenvalue weighted by molar-refractivity contribution is -0.122. The van der Waals surface area contributed by atoms with E-state index in [0.29, 0.717) is 42.9 Å². The quantitative estimate of drug-likeness (QED) is 0.782. The molecule has 0 unspecified atom stereocenters. The van der Waals surface area contributed by atoms with Crippen molar-refractivity contribution in [3.63, 3.8) is 0 Å². The third-order valence-electron chi connectivity index (χ3n) is 6.48. The van der Waals surface area contributed by atoms with Crippen molar-refractivity contribution in [1.29, 1.82) is 0 Å². The average molecular weight is 418 g/mol. The molecule has 1 aliphatic heterocycles. The molecule has 6 nitrogen and oxygen atoms in total. The summed E-state index contributed by atoms with van der Waals surface area (Å²) in [5.74, 6) is 0.648. The lowest BCUT2D eigenvalue weighted by Gasteiger charge is -2.29. The summed E-state index contributed by atoms with van der Waals surface area (Å²) in [4.78, 5) is 12.8. The molecule has 2 aliphatic rings. The van der Waals surface area contributed by atoms with E-state index < -0.39 is 10.0 Å². The Morgan fingerprint density at radius 2 is 1.86 bits per heavy atom. The van der Waals surface area contributed by atoms with Crippen molar-refractivity contribution in [3.05, 3.63) is 30.5 Å². The Morgan fingerprint density at radius 3 is 2.62 bits per heavy atom. The van der Waals surface area contributed by atoms with Gasteiger partial charge in [-0.25, -0.2) is 8.42 Å². The van der Waals surface area contributed by atoms with Gasteiger partial charge >= 0.3 is 0 Å². The minimum Gasteiger partial charge on any atom is -0.353 e. The molecule has 1 aliphatic carbocycles. The number of hydrogen-bond acceptors (Lipinski definition) is 3. The van der Waals surface area contributed by atoms with Crippen LogP contribution in [-0.2, 0) is 21.4 Å². The van der Waals surface area contributed by atoms with E-state index in [0.717, 1.165) is 30.2 Å². The highest BCUT2D eigenvalue weighted by atomic mass is 32.2. The SMILES string of the molecule is C[C@@H]1CCCC[C@@H]1NC(=O)CCn1ccc2cc(S(=O)(=O)N3CCCC3)ccc21. The summed E-state index contributed by atoms with van der Waals surface area (Å²) in [6, 6.07) is 7.54. The Labute approximate surface area is 173 Å². The van der Waals surface area contributed by atoms with E-state index in [1.807, 2.05) is 22.9 Å². The molecule has 2 fully saturated rings. The van der Waals surface area contributed by atoms with Crippen LogP contribution in [0.4, 0.5) is 0 Å². The molecule has 1 N–H and O–H groups in total. The predicted molar refractivity (Wildman–Crippen MR) is 114 cm³/mol. The zero-order valence-electron chi connectivity index (χ0n) is 17.1. The summed E-state index contributed by atoms with van der Waals surface area (Å²) in [6.07, 6.45) is 8.95. The average Bonchev–Trinajstić information content (AvgIpc) is 3.38. The number of aryl methyl sites for hydroxylation is 1. The number of nitrogens with zero attached hydrogens (tertiary/aromatic N) is 2. The van der Waals surface area contributed by atoms with Crippen molar-refractivity contribution in [1.82, 2.24) is 14.2 Å². The first-order valence-corrected chi connectivity index (χ1v) is 12.3. The number of carbonyl (C=O) groups excluding carboxylic acids is 1. The standard InChI is InChI=1S/C22H31N3O3S/c1-17-6-2-3-7-20(17)23-22(26)11-15-24-14-10-18-16-19(8-9-21(18)24)29(27,28)25-12-4-5-13-25/h8-10,14,16-17,20H,2-7,11-13,15H2,1H3,(H,23,26)/t17-,20+/m1/s1. The van der Waals surface area contributed by atoms with Crippen molar-refractivity contribution < 1.29 is 13.2 Å². The maximum absolute atomic E-state index is 12.8. The molecule has 29 heavy (non-hydrogen) atoms. The van der Waals surface area contributed by atoms with Gasteiger partial charge in [-0.1, -0.05) is 19.8 Å². The van der Waals surface area contributed by atoms with Gasteiger partial charge in [0.1, 0.15) is 0 Å². The molecule has 2 atom stereocenters. The Hall–Kier alpha value is -1.86. The maximum Gasteiger partial charge on any atom is 0.243 e. The molecule has 158 valence electrons. The number of nitrogens with one attached hydrogen (secondary N) is 1. The number of hydrogen-bond donors (Lipinski definition) is 1. The highest BCUT2D eigenvalue weighted by Gasteiger charge is 2.27. The Morgan fingerprint density at radius 1 is 1.10 bits per heavy atom. The van der Waals surface area contributed by atoms with Crippen LogP contribution in [0.15, 0.2) is 35.4 Å². The zero-order valence-corrected chi connectivity index (χ0v) is 18.0. The van der Waals surface area contributed by atoms with Crippen LogP contribution in [0.25, 0.3) is 10.9 Å². The van der Waals surface area contributed by atoms with Gasteiger partial charge in [0.05, 0.1) is 4.90 Å². The molecule has 0 bridgehead atoms. The number of carbonyl (C=O) groups is 1. The first-order chi connectivity index (χ1) is 13.9. The fourth-order valence-electron chi connectivity index (χ4n) is 4.64. The highest BCUT2D eigenvalue weighted by molar-refractivity contribution is 7.89. The second-order valence-electron chi connectivity index (χ2n) is 8.53. The molecular weight excluding hydrogens is 386 g/mol. The van der Waals surface area contributed by atoms with Gasteiger partial charge in [0, 0.05) is 49.2 Å². The minimum atomic E-state index is -3.41. The van der Waals surface area contributed by atoms with Crippen LogP contribution in [0.1, 0.15) is 51.9 Å². The van der Waals surface area contributed by atoms with E-state index >= 15 is 0 Å². The van der Waals surface area contributed by atoms with Crippen LogP contribution in [-0.4, -0.2) is 42.3 Å². The molecule has 1 aromatic carbocycles. The fourth-order valence-corrected chi connectivity index (χ4v) is 6.20. The van der Waals surface area contributed by atoms with Crippen LogP contribution < -0.4 is 5.32 Å². The molecule has 2 aromatic rings. The number of rotatable bonds is 6. The Balaban J connectivity index is 1.42. The third-order valence-corrected chi connectivity index (χ3v) is 8.38. The largest absolute Gasteiger partial charge is 0.353 e. The molecule has 1 saturated carbocycles. The molecule has 4 rings (SSSR count). The molecule has 2 heterocycles. The molecule has 1 saturated heterocycles. The molecular formula is C22H31N3O3S. The summed E-state index contributed by atoms with van der Waals surface area (Å²) in [7, 11) is -3.41. The van der Waals surface area contributed by atoms with Gasteiger partial charge in [-0.15, -0.1) is 0 Å². The minimum absolute atomic E-state index is 0.0961. The van der Waals surface area contributed by atoms with Gasteiger partial charge in [0.2, 0.25) is 15.9 Å². The van der Waals surface area contributed by atoms with Gasteiger partial charge < -0.3 is 9.88 Å². The summed E-state index contributed by atoms with van der Waals surface area (Å²) in [5.41, 5.74) is 0.962. The monoisotopic (exact) mass is 417 g/mol. The smallest absolute Gasteiger partial charge is 0.243 e. The number of sulfonamides is 1. The summed E-state index contributed by atoms with van der Waals surface area (Å²) >= 11 is 0. The van der Waals surface area contributed by atoms with E-state index in [1.54, 1.807) is 16.4 Å². The normalized spacial score (nSPS) is 23.5. The number of fused-ring (bicyclic) bond motifs is 1. The second-order valence-corrected chi connectivity index (χ2v) is 10.5. The van der Waals surface area contributed by atoms with Crippen LogP contribution >= 0.6 is 0 Å². The maximum atomic E-state index is 12.8. The molecule has 0 radical (unpaired) electrons. The Bertz CT molecular complexity index is 976.